The molecule has 1 heterocycles. The highest BCUT2D eigenvalue weighted by molar-refractivity contribution is 7.89. The number of hydrogen-bond acceptors (Lipinski definition) is 4. The van der Waals surface area contributed by atoms with E-state index in [2.05, 4.69) is 0 Å². The maximum atomic E-state index is 13.6. The molecule has 0 bridgehead atoms. The molecule has 6 nitrogen and oxygen atoms in total. The van der Waals surface area contributed by atoms with Gasteiger partial charge in [0.05, 0.1) is 11.4 Å². The van der Waals surface area contributed by atoms with Gasteiger partial charge in [0.25, 0.3) is 0 Å². The van der Waals surface area contributed by atoms with Gasteiger partial charge in [-0.25, -0.2) is 12.8 Å². The highest BCUT2D eigenvalue weighted by atomic mass is 32.2. The number of halogens is 1. The van der Waals surface area contributed by atoms with Crippen LogP contribution < -0.4 is 4.74 Å². The first-order valence-electron chi connectivity index (χ1n) is 9.98. The highest BCUT2D eigenvalue weighted by Crippen LogP contribution is 2.25. The number of likely N-dealkylation sites (N-methyl/N-ethyl adjacent to an activating group) is 1. The molecule has 0 aromatic heterocycles. The number of para-hydroxylation sites is 1. The summed E-state index contributed by atoms with van der Waals surface area (Å²) in [6.07, 6.45) is 0.949. The van der Waals surface area contributed by atoms with Crippen LogP contribution in [-0.2, 0) is 14.8 Å². The molecule has 0 saturated carbocycles. The Kier molecular flexibility index (Phi) is 7.10. The van der Waals surface area contributed by atoms with E-state index < -0.39 is 15.8 Å². The number of hydrogen-bond donors (Lipinski definition) is 0. The molecule has 1 fully saturated rings. The summed E-state index contributed by atoms with van der Waals surface area (Å²) >= 11 is 0. The Morgan fingerprint density at radius 2 is 1.77 bits per heavy atom. The summed E-state index contributed by atoms with van der Waals surface area (Å²) < 4.78 is 46.0. The Morgan fingerprint density at radius 3 is 2.40 bits per heavy atom. The van der Waals surface area contributed by atoms with Crippen molar-refractivity contribution in [2.24, 2.45) is 5.92 Å². The predicted molar refractivity (Wildman–Crippen MR) is 112 cm³/mol. The molecular formula is C22H27FN2O4S. The maximum absolute atomic E-state index is 13.6. The van der Waals surface area contributed by atoms with E-state index in [1.54, 1.807) is 54.4 Å². The fraction of sp³-hybridized carbons (Fsp3) is 0.409. The first-order chi connectivity index (χ1) is 14.3. The minimum Gasteiger partial charge on any atom is -0.489 e. The smallest absolute Gasteiger partial charge is 0.243 e. The summed E-state index contributed by atoms with van der Waals surface area (Å²) in [7, 11) is -1.86. The fourth-order valence-corrected chi connectivity index (χ4v) is 4.95. The maximum Gasteiger partial charge on any atom is 0.243 e. The van der Waals surface area contributed by atoms with Crippen LogP contribution in [0.5, 0.6) is 5.75 Å². The van der Waals surface area contributed by atoms with Crippen LogP contribution in [0.25, 0.3) is 0 Å². The number of rotatable bonds is 7. The third-order valence-corrected chi connectivity index (χ3v) is 7.27. The molecule has 2 aromatic carbocycles. The molecule has 8 heteroatoms. The Bertz CT molecular complexity index is 971. The number of ether oxygens (including phenoxy) is 1. The van der Waals surface area contributed by atoms with Crippen molar-refractivity contribution >= 4 is 15.9 Å². The van der Waals surface area contributed by atoms with Crippen molar-refractivity contribution < 1.29 is 22.3 Å². The van der Waals surface area contributed by atoms with Crippen LogP contribution in [0.3, 0.4) is 0 Å². The second-order valence-corrected chi connectivity index (χ2v) is 9.47. The van der Waals surface area contributed by atoms with Gasteiger partial charge in [-0.15, -0.1) is 0 Å². The number of nitrogens with zero attached hydrogens (tertiary/aromatic N) is 2. The van der Waals surface area contributed by atoms with Gasteiger partial charge in [0.15, 0.2) is 11.6 Å². The van der Waals surface area contributed by atoms with Crippen LogP contribution in [0.15, 0.2) is 53.4 Å². The second kappa shape index (κ2) is 9.57. The minimum atomic E-state index is -3.54. The number of aryl methyl sites for hydroxylation is 1. The van der Waals surface area contributed by atoms with E-state index in [4.69, 9.17) is 4.74 Å². The standard InChI is InChI=1S/C22H27FN2O4S/c1-17-7-9-19(10-8-17)30(27,28)25-13-11-18(12-14-25)22(26)24(2)15-16-29-21-6-4-3-5-20(21)23/h3-10,18H,11-16H2,1-2H3. The Labute approximate surface area is 177 Å². The molecule has 0 aliphatic carbocycles. The molecule has 3 rings (SSSR count). The van der Waals surface area contributed by atoms with Crippen molar-refractivity contribution in [1.29, 1.82) is 0 Å². The van der Waals surface area contributed by atoms with Gasteiger partial charge in [-0.05, 0) is 44.0 Å². The van der Waals surface area contributed by atoms with Crippen molar-refractivity contribution in [3.8, 4) is 5.75 Å². The van der Waals surface area contributed by atoms with E-state index in [0.717, 1.165) is 5.56 Å². The number of benzene rings is 2. The number of amides is 1. The molecule has 1 aliphatic rings. The van der Waals surface area contributed by atoms with Crippen LogP contribution in [0.2, 0.25) is 0 Å². The lowest BCUT2D eigenvalue weighted by atomic mass is 9.97. The second-order valence-electron chi connectivity index (χ2n) is 7.53. The zero-order valence-electron chi connectivity index (χ0n) is 17.3. The molecule has 1 saturated heterocycles. The first-order valence-corrected chi connectivity index (χ1v) is 11.4. The fourth-order valence-electron chi connectivity index (χ4n) is 3.48. The molecular weight excluding hydrogens is 407 g/mol. The topological polar surface area (TPSA) is 66.9 Å². The summed E-state index contributed by atoms with van der Waals surface area (Å²) in [5.74, 6) is -0.547. The van der Waals surface area contributed by atoms with Gasteiger partial charge in [0, 0.05) is 26.1 Å². The predicted octanol–water partition coefficient (Wildman–Crippen LogP) is 3.07. The summed E-state index contributed by atoms with van der Waals surface area (Å²) in [5.41, 5.74) is 1.00. The molecule has 0 atom stereocenters. The number of carbonyl (C=O) groups is 1. The summed E-state index contributed by atoms with van der Waals surface area (Å²) in [6.45, 7) is 3.04. The van der Waals surface area contributed by atoms with E-state index >= 15 is 0 Å². The van der Waals surface area contributed by atoms with Crippen LogP contribution in [0.1, 0.15) is 18.4 Å². The lowest BCUT2D eigenvalue weighted by molar-refractivity contribution is -0.135. The van der Waals surface area contributed by atoms with Gasteiger partial charge in [-0.3, -0.25) is 4.79 Å². The molecule has 30 heavy (non-hydrogen) atoms. The van der Waals surface area contributed by atoms with Gasteiger partial charge < -0.3 is 9.64 Å². The van der Waals surface area contributed by atoms with E-state index in [0.29, 0.717) is 32.5 Å². The lowest BCUT2D eigenvalue weighted by Gasteiger charge is -2.32. The van der Waals surface area contributed by atoms with E-state index in [-0.39, 0.29) is 29.1 Å². The van der Waals surface area contributed by atoms with Crippen molar-refractivity contribution in [2.75, 3.05) is 33.3 Å². The molecule has 0 radical (unpaired) electrons. The largest absolute Gasteiger partial charge is 0.489 e. The Morgan fingerprint density at radius 1 is 1.13 bits per heavy atom. The number of carbonyl (C=O) groups excluding carboxylic acids is 1. The average Bonchev–Trinajstić information content (AvgIpc) is 2.75. The van der Waals surface area contributed by atoms with Gasteiger partial charge in [0.1, 0.15) is 6.61 Å². The van der Waals surface area contributed by atoms with Crippen LogP contribution >= 0.6 is 0 Å². The average molecular weight is 435 g/mol. The van der Waals surface area contributed by atoms with Crippen molar-refractivity contribution in [3.05, 3.63) is 59.9 Å². The monoisotopic (exact) mass is 434 g/mol. The third-order valence-electron chi connectivity index (χ3n) is 5.36. The van der Waals surface area contributed by atoms with Crippen molar-refractivity contribution in [1.82, 2.24) is 9.21 Å². The third kappa shape index (κ3) is 5.17. The Balaban J connectivity index is 1.49. The summed E-state index contributed by atoms with van der Waals surface area (Å²) in [4.78, 5) is 14.5. The van der Waals surface area contributed by atoms with Crippen LogP contribution in [0.4, 0.5) is 4.39 Å². The zero-order chi connectivity index (χ0) is 21.7. The summed E-state index contributed by atoms with van der Waals surface area (Å²) in [6, 6.07) is 12.9. The lowest BCUT2D eigenvalue weighted by Crippen LogP contribution is -2.44. The number of sulfonamides is 1. The number of piperidine rings is 1. The van der Waals surface area contributed by atoms with E-state index in [1.807, 2.05) is 6.92 Å². The molecule has 0 unspecified atom stereocenters. The highest BCUT2D eigenvalue weighted by Gasteiger charge is 2.33. The van der Waals surface area contributed by atoms with Gasteiger partial charge in [-0.2, -0.15) is 4.31 Å². The molecule has 1 amide bonds. The SMILES string of the molecule is Cc1ccc(S(=O)(=O)N2CCC(C(=O)N(C)CCOc3ccccc3F)CC2)cc1. The van der Waals surface area contributed by atoms with Gasteiger partial charge in [0.2, 0.25) is 15.9 Å². The molecule has 162 valence electrons. The van der Waals surface area contributed by atoms with Crippen LogP contribution in [-0.4, -0.2) is 56.8 Å². The van der Waals surface area contributed by atoms with Crippen LogP contribution in [0, 0.1) is 18.7 Å². The van der Waals surface area contributed by atoms with Crippen molar-refractivity contribution in [3.63, 3.8) is 0 Å². The summed E-state index contributed by atoms with van der Waals surface area (Å²) in [5, 5.41) is 0. The Hall–Kier alpha value is -2.45. The first kappa shape index (κ1) is 22.2. The van der Waals surface area contributed by atoms with Gasteiger partial charge in [-0.1, -0.05) is 29.8 Å². The molecule has 0 spiro atoms. The van der Waals surface area contributed by atoms with E-state index in [1.165, 1.54) is 10.4 Å². The van der Waals surface area contributed by atoms with Crippen molar-refractivity contribution in [2.45, 2.75) is 24.7 Å². The molecule has 1 aliphatic heterocycles. The molecule has 2 aromatic rings. The normalized spacial score (nSPS) is 15.7. The zero-order valence-corrected chi connectivity index (χ0v) is 18.1. The quantitative estimate of drug-likeness (QED) is 0.672. The molecule has 0 N–H and O–H groups in total. The minimum absolute atomic E-state index is 0.0421. The van der Waals surface area contributed by atoms with Gasteiger partial charge >= 0.3 is 0 Å². The van der Waals surface area contributed by atoms with E-state index in [9.17, 15) is 17.6 Å².